The number of benzene rings is 2. The number of fused-ring (bicyclic) bond motifs is 4. The number of rotatable bonds is 2. The van der Waals surface area contributed by atoms with Crippen molar-refractivity contribution in [3.8, 4) is 0 Å². The molecule has 2 aromatic rings. The molecule has 2 aliphatic carbocycles. The Bertz CT molecular complexity index is 935. The highest BCUT2D eigenvalue weighted by Gasteiger charge is 2.44. The lowest BCUT2D eigenvalue weighted by atomic mass is 9.75. The third-order valence-electron chi connectivity index (χ3n) is 8.05. The molecular formula is C26H30N2O. The van der Waals surface area contributed by atoms with E-state index in [9.17, 15) is 4.79 Å². The summed E-state index contributed by atoms with van der Waals surface area (Å²) in [4.78, 5) is 15.7. The summed E-state index contributed by atoms with van der Waals surface area (Å²) < 4.78 is 0. The van der Waals surface area contributed by atoms with Crippen molar-refractivity contribution in [3.63, 3.8) is 0 Å². The van der Waals surface area contributed by atoms with Gasteiger partial charge in [-0.15, -0.1) is 0 Å². The molecule has 1 amide bonds. The SMILES string of the molecule is Cc1cccc(C(=O)Nc2cc3c4c(c2)[C@@H]2CCC[C@@H]2CN4C[C@H]2CCC[C@H]32)c1. The summed E-state index contributed by atoms with van der Waals surface area (Å²) in [5, 5.41) is 3.25. The van der Waals surface area contributed by atoms with Crippen molar-refractivity contribution in [2.75, 3.05) is 23.3 Å². The van der Waals surface area contributed by atoms with E-state index in [1.54, 1.807) is 5.69 Å². The molecule has 2 heterocycles. The molecule has 2 fully saturated rings. The largest absolute Gasteiger partial charge is 0.370 e. The molecule has 29 heavy (non-hydrogen) atoms. The lowest BCUT2D eigenvalue weighted by Crippen LogP contribution is -2.43. The van der Waals surface area contributed by atoms with Gasteiger partial charge in [0.1, 0.15) is 0 Å². The molecule has 0 unspecified atom stereocenters. The van der Waals surface area contributed by atoms with Crippen LogP contribution in [0.1, 0.15) is 77.4 Å². The highest BCUT2D eigenvalue weighted by Crippen LogP contribution is 2.56. The zero-order chi connectivity index (χ0) is 19.5. The van der Waals surface area contributed by atoms with Crippen LogP contribution in [-0.4, -0.2) is 19.0 Å². The van der Waals surface area contributed by atoms with Crippen LogP contribution < -0.4 is 10.2 Å². The number of nitrogens with zero attached hydrogens (tertiary/aromatic N) is 1. The maximum atomic E-state index is 12.9. The van der Waals surface area contributed by atoms with Gasteiger partial charge in [-0.2, -0.15) is 0 Å². The van der Waals surface area contributed by atoms with E-state index in [1.165, 1.54) is 62.7 Å². The van der Waals surface area contributed by atoms with Gasteiger partial charge in [0.2, 0.25) is 0 Å². The lowest BCUT2D eigenvalue weighted by molar-refractivity contribution is 0.102. The van der Waals surface area contributed by atoms with E-state index in [-0.39, 0.29) is 5.91 Å². The van der Waals surface area contributed by atoms with Crippen LogP contribution in [-0.2, 0) is 0 Å². The van der Waals surface area contributed by atoms with Crippen molar-refractivity contribution in [2.45, 2.75) is 57.3 Å². The summed E-state index contributed by atoms with van der Waals surface area (Å²) in [5.74, 6) is 2.99. The minimum absolute atomic E-state index is 0.00951. The van der Waals surface area contributed by atoms with E-state index >= 15 is 0 Å². The summed E-state index contributed by atoms with van der Waals surface area (Å²) >= 11 is 0. The van der Waals surface area contributed by atoms with Crippen molar-refractivity contribution in [1.29, 1.82) is 0 Å². The first-order valence-corrected chi connectivity index (χ1v) is 11.5. The van der Waals surface area contributed by atoms with E-state index < -0.39 is 0 Å². The second-order valence-electron chi connectivity index (χ2n) is 9.83. The monoisotopic (exact) mass is 386 g/mol. The van der Waals surface area contributed by atoms with Gasteiger partial charge in [-0.3, -0.25) is 4.79 Å². The topological polar surface area (TPSA) is 32.3 Å². The van der Waals surface area contributed by atoms with Crippen LogP contribution in [0.3, 0.4) is 0 Å². The van der Waals surface area contributed by atoms with E-state index in [4.69, 9.17) is 0 Å². The Morgan fingerprint density at radius 3 is 2.21 bits per heavy atom. The Hall–Kier alpha value is -2.29. The van der Waals surface area contributed by atoms with Gasteiger partial charge >= 0.3 is 0 Å². The van der Waals surface area contributed by atoms with Gasteiger partial charge < -0.3 is 10.2 Å². The summed E-state index contributed by atoms with van der Waals surface area (Å²) in [6.07, 6.45) is 8.06. The fourth-order valence-electron chi connectivity index (χ4n) is 6.83. The quantitative estimate of drug-likeness (QED) is 0.702. The number of aryl methyl sites for hydroxylation is 1. The van der Waals surface area contributed by atoms with E-state index in [2.05, 4.69) is 22.3 Å². The third-order valence-corrected chi connectivity index (χ3v) is 8.05. The van der Waals surface area contributed by atoms with Crippen LogP contribution in [0.5, 0.6) is 0 Å². The molecule has 3 nitrogen and oxygen atoms in total. The summed E-state index contributed by atoms with van der Waals surface area (Å²) in [6.45, 7) is 4.54. The van der Waals surface area contributed by atoms with Gasteiger partial charge in [0.05, 0.1) is 0 Å². The molecule has 6 rings (SSSR count). The highest BCUT2D eigenvalue weighted by molar-refractivity contribution is 6.04. The second kappa shape index (κ2) is 6.62. The van der Waals surface area contributed by atoms with E-state index in [1.807, 2.05) is 31.2 Å². The third kappa shape index (κ3) is 2.81. The fourth-order valence-corrected chi connectivity index (χ4v) is 6.83. The maximum absolute atomic E-state index is 12.9. The standard InChI is InChI=1S/C26H30N2O/c1-16-5-2-6-17(11-16)26(29)27-20-12-23-21-9-3-7-18(21)14-28-15-19-8-4-10-22(19)24(13-20)25(23)28/h2,5-6,11-13,18-19,21-22H,3-4,7-10,14-15H2,1H3,(H,27,29)/t18-,19-,21-,22+/m1/s1. The Morgan fingerprint density at radius 2 is 1.59 bits per heavy atom. The summed E-state index contributed by atoms with van der Waals surface area (Å²) in [5.41, 5.74) is 7.48. The van der Waals surface area contributed by atoms with Crippen LogP contribution in [0.25, 0.3) is 0 Å². The number of carbonyl (C=O) groups is 1. The molecule has 0 bridgehead atoms. The molecule has 1 N–H and O–H groups in total. The van der Waals surface area contributed by atoms with Crippen LogP contribution in [0.2, 0.25) is 0 Å². The Labute approximate surface area is 173 Å². The Balaban J connectivity index is 1.42. The molecule has 4 atom stereocenters. The minimum Gasteiger partial charge on any atom is -0.370 e. The van der Waals surface area contributed by atoms with Gasteiger partial charge in [-0.05, 0) is 91.7 Å². The van der Waals surface area contributed by atoms with Crippen LogP contribution >= 0.6 is 0 Å². The number of hydrogen-bond acceptors (Lipinski definition) is 2. The van der Waals surface area contributed by atoms with Gasteiger partial charge in [0, 0.05) is 30.0 Å². The number of carbonyl (C=O) groups excluding carboxylic acids is 1. The number of nitrogens with one attached hydrogen (secondary N) is 1. The summed E-state index contributed by atoms with van der Waals surface area (Å²) in [6, 6.07) is 12.5. The minimum atomic E-state index is 0.00951. The van der Waals surface area contributed by atoms with Gasteiger partial charge in [-0.1, -0.05) is 30.5 Å². The average Bonchev–Trinajstić information content (AvgIpc) is 3.37. The van der Waals surface area contributed by atoms with E-state index in [0.717, 1.165) is 28.7 Å². The Morgan fingerprint density at radius 1 is 0.931 bits per heavy atom. The first-order valence-electron chi connectivity index (χ1n) is 11.5. The molecule has 0 aromatic heterocycles. The lowest BCUT2D eigenvalue weighted by Gasteiger charge is -2.46. The first kappa shape index (κ1) is 17.6. The molecule has 3 heteroatoms. The first-order chi connectivity index (χ1) is 14.2. The molecule has 2 aromatic carbocycles. The molecule has 2 saturated carbocycles. The number of amides is 1. The van der Waals surface area contributed by atoms with Crippen molar-refractivity contribution in [3.05, 3.63) is 58.7 Å². The zero-order valence-corrected chi connectivity index (χ0v) is 17.3. The maximum Gasteiger partial charge on any atom is 0.255 e. The van der Waals surface area contributed by atoms with Crippen LogP contribution in [0.4, 0.5) is 11.4 Å². The van der Waals surface area contributed by atoms with Gasteiger partial charge in [0.15, 0.2) is 0 Å². The van der Waals surface area contributed by atoms with Crippen molar-refractivity contribution in [1.82, 2.24) is 0 Å². The van der Waals surface area contributed by atoms with Crippen LogP contribution in [0.15, 0.2) is 36.4 Å². The predicted octanol–water partition coefficient (Wildman–Crippen LogP) is 5.85. The average molecular weight is 387 g/mol. The van der Waals surface area contributed by atoms with Crippen molar-refractivity contribution < 1.29 is 4.79 Å². The predicted molar refractivity (Wildman–Crippen MR) is 118 cm³/mol. The molecule has 0 spiro atoms. The molecule has 0 radical (unpaired) electrons. The van der Waals surface area contributed by atoms with Crippen LogP contribution in [0, 0.1) is 18.8 Å². The van der Waals surface area contributed by atoms with Crippen molar-refractivity contribution >= 4 is 17.3 Å². The van der Waals surface area contributed by atoms with Gasteiger partial charge in [-0.25, -0.2) is 0 Å². The zero-order valence-electron chi connectivity index (χ0n) is 17.3. The van der Waals surface area contributed by atoms with E-state index in [0.29, 0.717) is 11.8 Å². The Kier molecular flexibility index (Phi) is 4.01. The van der Waals surface area contributed by atoms with Crippen molar-refractivity contribution in [2.24, 2.45) is 11.8 Å². The molecular weight excluding hydrogens is 356 g/mol. The smallest absolute Gasteiger partial charge is 0.255 e. The number of anilines is 2. The molecule has 0 saturated heterocycles. The molecule has 4 aliphatic rings. The fraction of sp³-hybridized carbons (Fsp3) is 0.500. The van der Waals surface area contributed by atoms with Gasteiger partial charge in [0.25, 0.3) is 5.91 Å². The second-order valence-corrected chi connectivity index (χ2v) is 9.83. The molecule has 150 valence electrons. The molecule has 2 aliphatic heterocycles. The summed E-state index contributed by atoms with van der Waals surface area (Å²) in [7, 11) is 0. The normalized spacial score (nSPS) is 29.2. The number of hydrogen-bond donors (Lipinski definition) is 1. The highest BCUT2D eigenvalue weighted by atomic mass is 16.1.